The van der Waals surface area contributed by atoms with Gasteiger partial charge in [0.2, 0.25) is 5.91 Å². The van der Waals surface area contributed by atoms with Crippen LogP contribution in [0.15, 0.2) is 60.7 Å². The molecular formula is C27H27NO5. The largest absolute Gasteiger partial charge is 0.497 e. The number of methoxy groups -OCH3 is 1. The zero-order valence-electron chi connectivity index (χ0n) is 18.7. The van der Waals surface area contributed by atoms with Crippen molar-refractivity contribution in [2.75, 3.05) is 26.8 Å². The minimum absolute atomic E-state index is 0.0354. The van der Waals surface area contributed by atoms with Crippen LogP contribution in [0, 0.1) is 0 Å². The Bertz CT molecular complexity index is 1210. The third-order valence-corrected chi connectivity index (χ3v) is 6.49. The van der Waals surface area contributed by atoms with E-state index in [9.17, 15) is 9.59 Å². The number of hydrogen-bond acceptors (Lipinski definition) is 5. The molecule has 3 aromatic carbocycles. The van der Waals surface area contributed by atoms with E-state index in [0.717, 1.165) is 11.1 Å². The van der Waals surface area contributed by atoms with Crippen LogP contribution < -0.4 is 14.2 Å². The Labute approximate surface area is 193 Å². The van der Waals surface area contributed by atoms with Gasteiger partial charge in [-0.15, -0.1) is 0 Å². The summed E-state index contributed by atoms with van der Waals surface area (Å²) in [6.07, 6.45) is 1.98. The van der Waals surface area contributed by atoms with Crippen molar-refractivity contribution in [1.29, 1.82) is 0 Å². The topological polar surface area (TPSA) is 65.1 Å². The summed E-state index contributed by atoms with van der Waals surface area (Å²) in [7, 11) is 1.57. The number of ketones is 1. The summed E-state index contributed by atoms with van der Waals surface area (Å²) in [5, 5.41) is 2.31. The fourth-order valence-corrected chi connectivity index (χ4v) is 4.71. The number of fused-ring (bicyclic) bond motifs is 2. The molecule has 5 rings (SSSR count). The Balaban J connectivity index is 1.13. The number of carbonyl (C=O) groups is 2. The summed E-state index contributed by atoms with van der Waals surface area (Å²) in [4.78, 5) is 27.4. The standard InChI is InChI=1S/C27H27NO5/c1-31-21-10-11-25-23(16-21)24(29)17-27(33-25)12-13-28(18-27)26(30)7-4-14-32-22-9-8-19-5-2-3-6-20(19)15-22/h2-3,5-6,8-11,15-16H,4,7,12-14,17-18H2,1H3. The first-order valence-electron chi connectivity index (χ1n) is 11.3. The summed E-state index contributed by atoms with van der Waals surface area (Å²) in [5.41, 5.74) is -0.0776. The molecular weight excluding hydrogens is 418 g/mol. The van der Waals surface area contributed by atoms with Crippen LogP contribution in [-0.2, 0) is 4.79 Å². The molecule has 1 amide bonds. The molecule has 6 nitrogen and oxygen atoms in total. The van der Waals surface area contributed by atoms with Crippen molar-refractivity contribution < 1.29 is 23.8 Å². The number of benzene rings is 3. The number of likely N-dealkylation sites (tertiary alicyclic amines) is 1. The molecule has 6 heteroatoms. The van der Waals surface area contributed by atoms with Crippen molar-refractivity contribution in [3.05, 3.63) is 66.2 Å². The first kappa shape index (κ1) is 21.3. The highest BCUT2D eigenvalue weighted by atomic mass is 16.5. The Kier molecular flexibility index (Phi) is 5.67. The van der Waals surface area contributed by atoms with Gasteiger partial charge in [-0.2, -0.15) is 0 Å². The van der Waals surface area contributed by atoms with Gasteiger partial charge in [0.1, 0.15) is 22.8 Å². The molecule has 1 fully saturated rings. The molecule has 0 aliphatic carbocycles. The highest BCUT2D eigenvalue weighted by Gasteiger charge is 2.46. The fourth-order valence-electron chi connectivity index (χ4n) is 4.71. The van der Waals surface area contributed by atoms with Gasteiger partial charge in [-0.05, 0) is 47.5 Å². The summed E-state index contributed by atoms with van der Waals surface area (Å²) < 4.78 is 17.3. The third kappa shape index (κ3) is 4.38. The van der Waals surface area contributed by atoms with Gasteiger partial charge in [0, 0.05) is 19.4 Å². The van der Waals surface area contributed by atoms with Crippen molar-refractivity contribution >= 4 is 22.5 Å². The normalized spacial score (nSPS) is 19.4. The van der Waals surface area contributed by atoms with Gasteiger partial charge in [-0.1, -0.05) is 30.3 Å². The molecule has 0 N–H and O–H groups in total. The second-order valence-corrected chi connectivity index (χ2v) is 8.77. The van der Waals surface area contributed by atoms with Crippen LogP contribution >= 0.6 is 0 Å². The van der Waals surface area contributed by atoms with Gasteiger partial charge < -0.3 is 19.1 Å². The maximum atomic E-state index is 12.8. The molecule has 1 spiro atoms. The quantitative estimate of drug-likeness (QED) is 0.517. The van der Waals surface area contributed by atoms with E-state index in [1.807, 2.05) is 35.2 Å². The summed E-state index contributed by atoms with van der Waals surface area (Å²) in [5.74, 6) is 2.13. The van der Waals surface area contributed by atoms with E-state index in [0.29, 0.717) is 56.0 Å². The first-order valence-corrected chi connectivity index (χ1v) is 11.3. The molecule has 170 valence electrons. The molecule has 0 saturated carbocycles. The van der Waals surface area contributed by atoms with E-state index in [4.69, 9.17) is 14.2 Å². The number of rotatable bonds is 6. The third-order valence-electron chi connectivity index (χ3n) is 6.49. The molecule has 2 aliphatic heterocycles. The molecule has 2 aliphatic rings. The molecule has 0 radical (unpaired) electrons. The molecule has 2 heterocycles. The fraction of sp³-hybridized carbons (Fsp3) is 0.333. The predicted molar refractivity (Wildman–Crippen MR) is 125 cm³/mol. The van der Waals surface area contributed by atoms with E-state index >= 15 is 0 Å². The highest BCUT2D eigenvalue weighted by molar-refractivity contribution is 6.01. The SMILES string of the molecule is COc1ccc2c(c1)C(=O)CC1(CCN(C(=O)CCCOc3ccc4ccccc4c3)C1)O2. The molecule has 0 bridgehead atoms. The van der Waals surface area contributed by atoms with Gasteiger partial charge in [0.15, 0.2) is 5.78 Å². The predicted octanol–water partition coefficient (Wildman–Crippen LogP) is 4.64. The van der Waals surface area contributed by atoms with Crippen molar-refractivity contribution in [2.24, 2.45) is 0 Å². The van der Waals surface area contributed by atoms with Crippen LogP contribution in [0.25, 0.3) is 10.8 Å². The maximum absolute atomic E-state index is 12.8. The minimum Gasteiger partial charge on any atom is -0.497 e. The lowest BCUT2D eigenvalue weighted by Gasteiger charge is -2.34. The number of nitrogens with zero attached hydrogens (tertiary/aromatic N) is 1. The van der Waals surface area contributed by atoms with Gasteiger partial charge in [-0.3, -0.25) is 9.59 Å². The minimum atomic E-state index is -0.629. The lowest BCUT2D eigenvalue weighted by atomic mass is 9.89. The van der Waals surface area contributed by atoms with E-state index in [2.05, 4.69) is 12.1 Å². The number of hydrogen-bond donors (Lipinski definition) is 0. The summed E-state index contributed by atoms with van der Waals surface area (Å²) >= 11 is 0. The second-order valence-electron chi connectivity index (χ2n) is 8.77. The number of Topliss-reactive ketones (excluding diaryl/α,β-unsaturated/α-hetero) is 1. The summed E-state index contributed by atoms with van der Waals surface area (Å²) in [6.45, 7) is 1.52. The molecule has 33 heavy (non-hydrogen) atoms. The second kappa shape index (κ2) is 8.77. The van der Waals surface area contributed by atoms with Crippen LogP contribution in [0.3, 0.4) is 0 Å². The van der Waals surface area contributed by atoms with Crippen LogP contribution in [-0.4, -0.2) is 49.0 Å². The van der Waals surface area contributed by atoms with Crippen LogP contribution in [0.4, 0.5) is 0 Å². The van der Waals surface area contributed by atoms with Gasteiger partial charge >= 0.3 is 0 Å². The average Bonchev–Trinajstić information content (AvgIpc) is 3.24. The van der Waals surface area contributed by atoms with Gasteiger partial charge in [-0.25, -0.2) is 0 Å². The van der Waals surface area contributed by atoms with Crippen molar-refractivity contribution in [3.63, 3.8) is 0 Å². The van der Waals surface area contributed by atoms with E-state index in [1.165, 1.54) is 5.39 Å². The zero-order valence-corrected chi connectivity index (χ0v) is 18.7. The average molecular weight is 446 g/mol. The smallest absolute Gasteiger partial charge is 0.222 e. The van der Waals surface area contributed by atoms with E-state index < -0.39 is 5.60 Å². The maximum Gasteiger partial charge on any atom is 0.222 e. The van der Waals surface area contributed by atoms with Crippen LogP contribution in [0.1, 0.15) is 36.0 Å². The molecule has 1 saturated heterocycles. The Hall–Kier alpha value is -3.54. The van der Waals surface area contributed by atoms with E-state index in [-0.39, 0.29) is 18.1 Å². The molecule has 0 aromatic heterocycles. The lowest BCUT2D eigenvalue weighted by molar-refractivity contribution is -0.131. The number of carbonyl (C=O) groups excluding carboxylic acids is 2. The van der Waals surface area contributed by atoms with Crippen LogP contribution in [0.2, 0.25) is 0 Å². The van der Waals surface area contributed by atoms with E-state index in [1.54, 1.807) is 25.3 Å². The van der Waals surface area contributed by atoms with Crippen molar-refractivity contribution in [1.82, 2.24) is 4.90 Å². The molecule has 1 unspecified atom stereocenters. The number of ether oxygens (including phenoxy) is 3. The van der Waals surface area contributed by atoms with Gasteiger partial charge in [0.05, 0.1) is 32.2 Å². The first-order chi connectivity index (χ1) is 16.0. The monoisotopic (exact) mass is 445 g/mol. The Morgan fingerprint density at radius 3 is 2.73 bits per heavy atom. The highest BCUT2D eigenvalue weighted by Crippen LogP contribution is 2.40. The van der Waals surface area contributed by atoms with Gasteiger partial charge in [0.25, 0.3) is 0 Å². The lowest BCUT2D eigenvalue weighted by Crippen LogP contribution is -2.45. The number of amides is 1. The van der Waals surface area contributed by atoms with Crippen molar-refractivity contribution in [3.8, 4) is 17.2 Å². The van der Waals surface area contributed by atoms with Crippen LogP contribution in [0.5, 0.6) is 17.2 Å². The Morgan fingerprint density at radius 1 is 1.06 bits per heavy atom. The zero-order chi connectivity index (χ0) is 22.8. The molecule has 3 aromatic rings. The van der Waals surface area contributed by atoms with Crippen molar-refractivity contribution in [2.45, 2.75) is 31.3 Å². The molecule has 1 atom stereocenters. The summed E-state index contributed by atoms with van der Waals surface area (Å²) in [6, 6.07) is 19.5. The Morgan fingerprint density at radius 2 is 1.88 bits per heavy atom.